The highest BCUT2D eigenvalue weighted by molar-refractivity contribution is 9.10. The van der Waals surface area contributed by atoms with Crippen molar-refractivity contribution in [3.05, 3.63) is 17.0 Å². The largest absolute Gasteiger partial charge is 0.359 e. The molecule has 4 heteroatoms. The number of hydrogen-bond acceptors (Lipinski definition) is 3. The quantitative estimate of drug-likeness (QED) is 0.764. The molecule has 0 atom stereocenters. The zero-order valence-corrected chi connectivity index (χ0v) is 10.7. The number of anilines is 1. The van der Waals surface area contributed by atoms with E-state index in [1.807, 2.05) is 13.1 Å². The Labute approximate surface area is 93.7 Å². The van der Waals surface area contributed by atoms with Gasteiger partial charge in [0.1, 0.15) is 16.7 Å². The van der Waals surface area contributed by atoms with E-state index in [1.165, 1.54) is 0 Å². The molecule has 0 aliphatic heterocycles. The van der Waals surface area contributed by atoms with Crippen molar-refractivity contribution in [2.75, 3.05) is 18.5 Å². The lowest BCUT2D eigenvalue weighted by Crippen LogP contribution is -2.29. The van der Waals surface area contributed by atoms with Crippen molar-refractivity contribution in [3.63, 3.8) is 0 Å². The minimum atomic E-state index is 0.270. The second-order valence-electron chi connectivity index (χ2n) is 4.62. The first-order valence-corrected chi connectivity index (χ1v) is 5.36. The maximum Gasteiger partial charge on any atom is 0.132 e. The van der Waals surface area contributed by atoms with E-state index in [4.69, 9.17) is 0 Å². The first-order chi connectivity index (χ1) is 6.38. The van der Waals surface area contributed by atoms with Crippen LogP contribution in [-0.2, 0) is 0 Å². The van der Waals surface area contributed by atoms with Crippen LogP contribution in [0.1, 0.15) is 20.8 Å². The van der Waals surface area contributed by atoms with Gasteiger partial charge < -0.3 is 4.90 Å². The standard InChI is InChI=1S/C10H16BrN3/c1-10(2,3)6-14(4)9-5-8(11)12-7-13-9/h5,7H,6H2,1-4H3. The number of aromatic nitrogens is 2. The van der Waals surface area contributed by atoms with E-state index in [0.717, 1.165) is 17.0 Å². The van der Waals surface area contributed by atoms with E-state index in [0.29, 0.717) is 0 Å². The van der Waals surface area contributed by atoms with E-state index in [9.17, 15) is 0 Å². The molecule has 0 fully saturated rings. The number of nitrogens with zero attached hydrogens (tertiary/aromatic N) is 3. The smallest absolute Gasteiger partial charge is 0.132 e. The summed E-state index contributed by atoms with van der Waals surface area (Å²) in [5, 5.41) is 0. The Morgan fingerprint density at radius 1 is 1.36 bits per heavy atom. The molecule has 0 aliphatic carbocycles. The van der Waals surface area contributed by atoms with Gasteiger partial charge in [-0.25, -0.2) is 9.97 Å². The van der Waals surface area contributed by atoms with Gasteiger partial charge in [-0.3, -0.25) is 0 Å². The average molecular weight is 258 g/mol. The molecule has 0 N–H and O–H groups in total. The summed E-state index contributed by atoms with van der Waals surface area (Å²) in [6.07, 6.45) is 1.57. The predicted molar refractivity (Wildman–Crippen MR) is 62.5 cm³/mol. The van der Waals surface area contributed by atoms with Gasteiger partial charge in [-0.1, -0.05) is 20.8 Å². The maximum absolute atomic E-state index is 4.21. The van der Waals surface area contributed by atoms with Gasteiger partial charge in [-0.05, 0) is 21.3 Å². The molecule has 0 radical (unpaired) electrons. The van der Waals surface area contributed by atoms with Gasteiger partial charge in [0.2, 0.25) is 0 Å². The van der Waals surface area contributed by atoms with Crippen molar-refractivity contribution in [3.8, 4) is 0 Å². The predicted octanol–water partition coefficient (Wildman–Crippen LogP) is 2.72. The Bertz CT molecular complexity index is 306. The van der Waals surface area contributed by atoms with Gasteiger partial charge >= 0.3 is 0 Å². The van der Waals surface area contributed by atoms with E-state index in [-0.39, 0.29) is 5.41 Å². The molecule has 0 unspecified atom stereocenters. The molecular weight excluding hydrogens is 242 g/mol. The molecule has 1 rings (SSSR count). The molecule has 0 amide bonds. The van der Waals surface area contributed by atoms with E-state index >= 15 is 0 Å². The van der Waals surface area contributed by atoms with Crippen LogP contribution < -0.4 is 4.90 Å². The lowest BCUT2D eigenvalue weighted by atomic mass is 9.96. The van der Waals surface area contributed by atoms with Gasteiger partial charge in [0.15, 0.2) is 0 Å². The molecule has 0 saturated heterocycles. The molecule has 14 heavy (non-hydrogen) atoms. The fraction of sp³-hybridized carbons (Fsp3) is 0.600. The summed E-state index contributed by atoms with van der Waals surface area (Å²) in [7, 11) is 2.04. The average Bonchev–Trinajstić information content (AvgIpc) is 2.01. The lowest BCUT2D eigenvalue weighted by Gasteiger charge is -2.27. The van der Waals surface area contributed by atoms with Crippen molar-refractivity contribution < 1.29 is 0 Å². The Hall–Kier alpha value is -0.640. The van der Waals surface area contributed by atoms with Gasteiger partial charge in [0.05, 0.1) is 0 Å². The summed E-state index contributed by atoms with van der Waals surface area (Å²) in [6.45, 7) is 7.59. The SMILES string of the molecule is CN(CC(C)(C)C)c1cc(Br)ncn1. The van der Waals surface area contributed by atoms with Crippen LogP contribution in [0.15, 0.2) is 17.0 Å². The van der Waals surface area contributed by atoms with Crippen LogP contribution in [0.2, 0.25) is 0 Å². The number of hydrogen-bond donors (Lipinski definition) is 0. The molecule has 0 aromatic carbocycles. The Balaban J connectivity index is 2.74. The van der Waals surface area contributed by atoms with Crippen LogP contribution in [0.3, 0.4) is 0 Å². The van der Waals surface area contributed by atoms with Crippen LogP contribution in [0.25, 0.3) is 0 Å². The van der Waals surface area contributed by atoms with Crippen molar-refractivity contribution in [1.82, 2.24) is 9.97 Å². The zero-order chi connectivity index (χ0) is 10.8. The van der Waals surface area contributed by atoms with Crippen LogP contribution in [0.4, 0.5) is 5.82 Å². The first kappa shape index (κ1) is 11.4. The molecule has 0 bridgehead atoms. The van der Waals surface area contributed by atoms with Crippen LogP contribution in [0, 0.1) is 5.41 Å². The Morgan fingerprint density at radius 2 is 2.00 bits per heavy atom. The molecule has 3 nitrogen and oxygen atoms in total. The van der Waals surface area contributed by atoms with Crippen LogP contribution in [-0.4, -0.2) is 23.6 Å². The third kappa shape index (κ3) is 3.62. The van der Waals surface area contributed by atoms with Gasteiger partial charge in [0.25, 0.3) is 0 Å². The highest BCUT2D eigenvalue weighted by atomic mass is 79.9. The molecule has 1 aromatic heterocycles. The van der Waals surface area contributed by atoms with Crippen LogP contribution in [0.5, 0.6) is 0 Å². The third-order valence-corrected chi connectivity index (χ3v) is 2.16. The second kappa shape index (κ2) is 4.26. The monoisotopic (exact) mass is 257 g/mol. The summed E-state index contributed by atoms with van der Waals surface area (Å²) in [5.74, 6) is 0.946. The molecule has 78 valence electrons. The van der Waals surface area contributed by atoms with E-state index in [2.05, 4.69) is 51.6 Å². The molecule has 1 aromatic rings. The van der Waals surface area contributed by atoms with Gasteiger partial charge in [-0.2, -0.15) is 0 Å². The van der Waals surface area contributed by atoms with Crippen molar-refractivity contribution in [2.24, 2.45) is 5.41 Å². The fourth-order valence-electron chi connectivity index (χ4n) is 1.33. The number of rotatable bonds is 2. The molecular formula is C10H16BrN3. The normalized spacial score (nSPS) is 11.5. The summed E-state index contributed by atoms with van der Waals surface area (Å²) in [4.78, 5) is 10.3. The zero-order valence-electron chi connectivity index (χ0n) is 9.08. The van der Waals surface area contributed by atoms with E-state index < -0.39 is 0 Å². The van der Waals surface area contributed by atoms with Gasteiger partial charge in [0, 0.05) is 19.7 Å². The maximum atomic E-state index is 4.21. The third-order valence-electron chi connectivity index (χ3n) is 1.72. The summed E-state index contributed by atoms with van der Waals surface area (Å²) in [6, 6.07) is 1.92. The summed E-state index contributed by atoms with van der Waals surface area (Å²) >= 11 is 3.33. The Morgan fingerprint density at radius 3 is 2.50 bits per heavy atom. The first-order valence-electron chi connectivity index (χ1n) is 4.57. The van der Waals surface area contributed by atoms with Crippen molar-refractivity contribution >= 4 is 21.7 Å². The Kier molecular flexibility index (Phi) is 3.48. The summed E-state index contributed by atoms with van der Waals surface area (Å²) < 4.78 is 0.822. The highest BCUT2D eigenvalue weighted by Crippen LogP contribution is 2.19. The minimum Gasteiger partial charge on any atom is -0.359 e. The summed E-state index contributed by atoms with van der Waals surface area (Å²) in [5.41, 5.74) is 0.270. The second-order valence-corrected chi connectivity index (χ2v) is 5.43. The molecule has 0 aliphatic rings. The fourth-order valence-corrected chi connectivity index (χ4v) is 1.62. The van der Waals surface area contributed by atoms with Crippen LogP contribution >= 0.6 is 15.9 Å². The van der Waals surface area contributed by atoms with E-state index in [1.54, 1.807) is 6.33 Å². The van der Waals surface area contributed by atoms with Crippen molar-refractivity contribution in [1.29, 1.82) is 0 Å². The highest BCUT2D eigenvalue weighted by Gasteiger charge is 2.14. The molecule has 0 spiro atoms. The van der Waals surface area contributed by atoms with Crippen molar-refractivity contribution in [2.45, 2.75) is 20.8 Å². The number of halogens is 1. The molecule has 1 heterocycles. The molecule has 0 saturated carbocycles. The lowest BCUT2D eigenvalue weighted by molar-refractivity contribution is 0.417. The topological polar surface area (TPSA) is 29.0 Å². The van der Waals surface area contributed by atoms with Gasteiger partial charge in [-0.15, -0.1) is 0 Å². The minimum absolute atomic E-state index is 0.270.